The molecule has 2 aromatic carbocycles. The largest absolute Gasteiger partial charge is 0.496 e. The molecular formula is C18H15Cl2N3O. The highest BCUT2D eigenvalue weighted by Gasteiger charge is 2.26. The van der Waals surface area contributed by atoms with Crippen LogP contribution in [0.4, 0.5) is 5.82 Å². The number of anilines is 1. The summed E-state index contributed by atoms with van der Waals surface area (Å²) in [5.41, 5.74) is 3.80. The van der Waals surface area contributed by atoms with E-state index >= 15 is 0 Å². The van der Waals surface area contributed by atoms with Gasteiger partial charge in [0.15, 0.2) is 0 Å². The summed E-state index contributed by atoms with van der Waals surface area (Å²) in [5, 5.41) is 9.21. The maximum absolute atomic E-state index is 6.40. The van der Waals surface area contributed by atoms with Crippen LogP contribution in [0.25, 0.3) is 16.9 Å². The van der Waals surface area contributed by atoms with Crippen LogP contribution in [-0.4, -0.2) is 23.4 Å². The van der Waals surface area contributed by atoms with Crippen molar-refractivity contribution < 1.29 is 4.74 Å². The third-order valence-electron chi connectivity index (χ3n) is 4.17. The van der Waals surface area contributed by atoms with E-state index in [1.54, 1.807) is 13.2 Å². The van der Waals surface area contributed by atoms with Gasteiger partial charge in [0.25, 0.3) is 0 Å². The highest BCUT2D eigenvalue weighted by atomic mass is 35.5. The zero-order chi connectivity index (χ0) is 16.7. The molecule has 0 spiro atoms. The zero-order valence-electron chi connectivity index (χ0n) is 13.0. The van der Waals surface area contributed by atoms with E-state index in [9.17, 15) is 0 Å². The molecule has 2 heterocycles. The van der Waals surface area contributed by atoms with Crippen LogP contribution in [0.15, 0.2) is 42.5 Å². The molecule has 122 valence electrons. The van der Waals surface area contributed by atoms with Crippen LogP contribution in [0, 0.1) is 0 Å². The molecule has 4 rings (SSSR count). The van der Waals surface area contributed by atoms with Gasteiger partial charge in [-0.25, -0.2) is 4.68 Å². The lowest BCUT2D eigenvalue weighted by atomic mass is 10.1. The number of benzene rings is 2. The van der Waals surface area contributed by atoms with Crippen molar-refractivity contribution in [2.24, 2.45) is 0 Å². The molecule has 1 aliphatic rings. The Labute approximate surface area is 150 Å². The average Bonchev–Trinajstić information content (AvgIpc) is 3.20. The molecule has 1 aliphatic heterocycles. The van der Waals surface area contributed by atoms with Gasteiger partial charge in [-0.1, -0.05) is 41.4 Å². The third-order valence-corrected chi connectivity index (χ3v) is 4.98. The van der Waals surface area contributed by atoms with Gasteiger partial charge in [-0.2, -0.15) is 5.10 Å². The molecule has 0 bridgehead atoms. The molecule has 0 atom stereocenters. The zero-order valence-corrected chi connectivity index (χ0v) is 14.5. The van der Waals surface area contributed by atoms with Crippen LogP contribution in [0.2, 0.25) is 10.0 Å². The van der Waals surface area contributed by atoms with Crippen molar-refractivity contribution in [1.29, 1.82) is 0 Å². The summed E-state index contributed by atoms with van der Waals surface area (Å²) in [4.78, 5) is 0. The molecule has 0 fully saturated rings. The van der Waals surface area contributed by atoms with Gasteiger partial charge in [0.1, 0.15) is 17.3 Å². The molecule has 0 amide bonds. The fourth-order valence-corrected chi connectivity index (χ4v) is 3.44. The van der Waals surface area contributed by atoms with E-state index in [0.717, 1.165) is 47.0 Å². The Kier molecular flexibility index (Phi) is 3.87. The maximum Gasteiger partial charge on any atom is 0.133 e. The van der Waals surface area contributed by atoms with Gasteiger partial charge < -0.3 is 10.1 Å². The molecule has 0 saturated heterocycles. The van der Waals surface area contributed by atoms with Crippen molar-refractivity contribution in [2.45, 2.75) is 6.42 Å². The number of nitrogens with zero attached hydrogens (tertiary/aromatic N) is 2. The Hall–Kier alpha value is -2.17. The Balaban J connectivity index is 1.95. The maximum atomic E-state index is 6.40. The lowest BCUT2D eigenvalue weighted by molar-refractivity contribution is 0.416. The first kappa shape index (κ1) is 15.4. The van der Waals surface area contributed by atoms with Crippen LogP contribution in [0.3, 0.4) is 0 Å². The molecule has 4 nitrogen and oxygen atoms in total. The van der Waals surface area contributed by atoms with E-state index in [1.165, 1.54) is 0 Å². The molecular weight excluding hydrogens is 345 g/mol. The van der Waals surface area contributed by atoms with Crippen molar-refractivity contribution in [3.63, 3.8) is 0 Å². The average molecular weight is 360 g/mol. The van der Waals surface area contributed by atoms with Gasteiger partial charge in [-0.05, 0) is 30.7 Å². The molecule has 3 aromatic rings. The summed E-state index contributed by atoms with van der Waals surface area (Å²) < 4.78 is 7.33. The molecule has 0 unspecified atom stereocenters. The summed E-state index contributed by atoms with van der Waals surface area (Å²) in [7, 11) is 1.67. The molecule has 1 N–H and O–H groups in total. The van der Waals surface area contributed by atoms with E-state index in [2.05, 4.69) is 5.32 Å². The van der Waals surface area contributed by atoms with Crippen LogP contribution in [-0.2, 0) is 6.42 Å². The van der Waals surface area contributed by atoms with Gasteiger partial charge in [0, 0.05) is 17.7 Å². The minimum Gasteiger partial charge on any atom is -0.496 e. The Morgan fingerprint density at radius 1 is 1.12 bits per heavy atom. The predicted octanol–water partition coefficient (Wildman–Crippen LogP) is 4.82. The van der Waals surface area contributed by atoms with Crippen molar-refractivity contribution in [3.05, 3.63) is 58.1 Å². The summed E-state index contributed by atoms with van der Waals surface area (Å²) in [6, 6.07) is 13.4. The molecule has 24 heavy (non-hydrogen) atoms. The summed E-state index contributed by atoms with van der Waals surface area (Å²) in [5.74, 6) is 1.76. The Morgan fingerprint density at radius 2 is 1.96 bits per heavy atom. The van der Waals surface area contributed by atoms with Crippen molar-refractivity contribution in [3.8, 4) is 22.7 Å². The van der Waals surface area contributed by atoms with E-state index in [4.69, 9.17) is 33.0 Å². The predicted molar refractivity (Wildman–Crippen MR) is 97.8 cm³/mol. The quantitative estimate of drug-likeness (QED) is 0.728. The lowest BCUT2D eigenvalue weighted by Crippen LogP contribution is -2.05. The minimum atomic E-state index is 0.491. The Bertz CT molecular complexity index is 921. The number of fused-ring (bicyclic) bond motifs is 1. The molecule has 0 aliphatic carbocycles. The highest BCUT2D eigenvalue weighted by molar-refractivity contribution is 6.43. The van der Waals surface area contributed by atoms with Crippen molar-refractivity contribution in [2.75, 3.05) is 19.0 Å². The van der Waals surface area contributed by atoms with Crippen molar-refractivity contribution >= 4 is 29.0 Å². The number of hydrogen-bond donors (Lipinski definition) is 1. The van der Waals surface area contributed by atoms with Crippen molar-refractivity contribution in [1.82, 2.24) is 9.78 Å². The van der Waals surface area contributed by atoms with Crippen LogP contribution in [0.1, 0.15) is 5.56 Å². The second-order valence-electron chi connectivity index (χ2n) is 5.54. The second-order valence-corrected chi connectivity index (χ2v) is 6.32. The topological polar surface area (TPSA) is 39.1 Å². The standard InChI is InChI=1S/C18H15Cl2N3O/c1-24-15-8-3-2-5-11(15)17-12-9-10-21-18(12)23(22-17)14-7-4-6-13(19)16(14)20/h2-8,21H,9-10H2,1H3. The first-order valence-electron chi connectivity index (χ1n) is 7.64. The van der Waals surface area contributed by atoms with Gasteiger partial charge in [-0.3, -0.25) is 0 Å². The summed E-state index contributed by atoms with van der Waals surface area (Å²) in [6.45, 7) is 0.869. The number of halogens is 2. The SMILES string of the molecule is COc1ccccc1-c1nn(-c2cccc(Cl)c2Cl)c2c1CCN2. The molecule has 0 radical (unpaired) electrons. The first-order valence-corrected chi connectivity index (χ1v) is 8.40. The van der Waals surface area contributed by atoms with Gasteiger partial charge in [-0.15, -0.1) is 0 Å². The summed E-state index contributed by atoms with van der Waals surface area (Å²) in [6.07, 6.45) is 0.904. The van der Waals surface area contributed by atoms with E-state index in [1.807, 2.05) is 41.1 Å². The van der Waals surface area contributed by atoms with Crippen LogP contribution in [0.5, 0.6) is 5.75 Å². The molecule has 1 aromatic heterocycles. The number of hydrogen-bond acceptors (Lipinski definition) is 3. The number of rotatable bonds is 3. The normalized spacial score (nSPS) is 12.8. The summed E-state index contributed by atoms with van der Waals surface area (Å²) >= 11 is 12.6. The fraction of sp³-hybridized carbons (Fsp3) is 0.167. The van der Waals surface area contributed by atoms with E-state index in [-0.39, 0.29) is 0 Å². The minimum absolute atomic E-state index is 0.491. The Morgan fingerprint density at radius 3 is 2.79 bits per heavy atom. The number of nitrogens with one attached hydrogen (secondary N) is 1. The molecule has 6 heteroatoms. The second kappa shape index (κ2) is 6.04. The number of ether oxygens (including phenoxy) is 1. The number of aromatic nitrogens is 2. The van der Waals surface area contributed by atoms with Gasteiger partial charge in [0.2, 0.25) is 0 Å². The first-order chi connectivity index (χ1) is 11.7. The highest BCUT2D eigenvalue weighted by Crippen LogP contribution is 2.40. The van der Waals surface area contributed by atoms with Crippen LogP contribution >= 0.6 is 23.2 Å². The third kappa shape index (κ3) is 2.34. The lowest BCUT2D eigenvalue weighted by Gasteiger charge is -2.09. The number of para-hydroxylation sites is 1. The van der Waals surface area contributed by atoms with E-state index in [0.29, 0.717) is 10.0 Å². The smallest absolute Gasteiger partial charge is 0.133 e. The monoisotopic (exact) mass is 359 g/mol. The number of methoxy groups -OCH3 is 1. The van der Waals surface area contributed by atoms with Crippen LogP contribution < -0.4 is 10.1 Å². The van der Waals surface area contributed by atoms with E-state index < -0.39 is 0 Å². The fourth-order valence-electron chi connectivity index (χ4n) is 3.06. The molecule has 0 saturated carbocycles. The van der Waals surface area contributed by atoms with Gasteiger partial charge in [0.05, 0.1) is 22.8 Å². The van der Waals surface area contributed by atoms with Gasteiger partial charge >= 0.3 is 0 Å².